The largest absolute Gasteiger partial charge is 0.310 e. The number of hydrogen-bond acceptors (Lipinski definition) is 1. The Bertz CT molecular complexity index is 209. The van der Waals surface area contributed by atoms with Gasteiger partial charge in [0.15, 0.2) is 0 Å². The van der Waals surface area contributed by atoms with Gasteiger partial charge in [0.2, 0.25) is 0 Å². The van der Waals surface area contributed by atoms with Crippen LogP contribution in [0.1, 0.15) is 47.0 Å². The summed E-state index contributed by atoms with van der Waals surface area (Å²) in [6.07, 6.45) is 4.17. The van der Waals surface area contributed by atoms with Gasteiger partial charge in [-0.25, -0.2) is 0 Å². The first-order chi connectivity index (χ1) is 6.07. The van der Waals surface area contributed by atoms with Gasteiger partial charge in [-0.2, -0.15) is 0 Å². The Morgan fingerprint density at radius 1 is 1.46 bits per heavy atom. The van der Waals surface area contributed by atoms with E-state index >= 15 is 0 Å². The molecular formula is C12H23N. The highest BCUT2D eigenvalue weighted by Crippen LogP contribution is 2.61. The van der Waals surface area contributed by atoms with Crippen molar-refractivity contribution in [2.75, 3.05) is 6.54 Å². The molecule has 0 aromatic carbocycles. The molecule has 1 N–H and O–H groups in total. The number of hydrogen-bond donors (Lipinski definition) is 1. The minimum atomic E-state index is 0.530. The van der Waals surface area contributed by atoms with Gasteiger partial charge in [-0.05, 0) is 30.1 Å². The molecule has 0 bridgehead atoms. The Balaban J connectivity index is 2.15. The predicted molar refractivity (Wildman–Crippen MR) is 56.7 cm³/mol. The molecule has 4 atom stereocenters. The maximum Gasteiger partial charge on any atom is 0.0275 e. The molecule has 2 aliphatic rings. The maximum absolute atomic E-state index is 3.71. The summed E-state index contributed by atoms with van der Waals surface area (Å²) in [6.45, 7) is 10.9. The Hall–Kier alpha value is -0.0400. The molecule has 0 aromatic rings. The van der Waals surface area contributed by atoms with Crippen LogP contribution < -0.4 is 5.32 Å². The Labute approximate surface area is 82.3 Å². The minimum Gasteiger partial charge on any atom is -0.310 e. The third kappa shape index (κ3) is 0.918. The molecule has 1 saturated carbocycles. The zero-order chi connectivity index (χ0) is 9.69. The second-order valence-electron chi connectivity index (χ2n) is 5.48. The third-order valence-electron chi connectivity index (χ3n) is 5.32. The van der Waals surface area contributed by atoms with Crippen molar-refractivity contribution in [2.45, 2.75) is 52.5 Å². The summed E-state index contributed by atoms with van der Waals surface area (Å²) in [5.74, 6) is 1.77. The van der Waals surface area contributed by atoms with Gasteiger partial charge in [0.05, 0.1) is 0 Å². The van der Waals surface area contributed by atoms with Gasteiger partial charge in [-0.1, -0.05) is 34.1 Å². The van der Waals surface area contributed by atoms with Crippen molar-refractivity contribution < 1.29 is 0 Å². The fourth-order valence-electron chi connectivity index (χ4n) is 3.58. The van der Waals surface area contributed by atoms with E-state index in [0.29, 0.717) is 11.0 Å². The van der Waals surface area contributed by atoms with Crippen LogP contribution in [-0.2, 0) is 0 Å². The van der Waals surface area contributed by atoms with Crippen molar-refractivity contribution >= 4 is 0 Å². The van der Waals surface area contributed by atoms with Crippen molar-refractivity contribution in [3.8, 4) is 0 Å². The first-order valence-electron chi connectivity index (χ1n) is 5.82. The summed E-state index contributed by atoms with van der Waals surface area (Å²) in [6, 6.07) is 0. The second kappa shape index (κ2) is 2.73. The number of nitrogens with one attached hydrogen (secondary N) is 1. The van der Waals surface area contributed by atoms with Gasteiger partial charge in [-0.15, -0.1) is 0 Å². The quantitative estimate of drug-likeness (QED) is 0.690. The van der Waals surface area contributed by atoms with Crippen LogP contribution >= 0.6 is 0 Å². The van der Waals surface area contributed by atoms with Crippen molar-refractivity contribution in [1.82, 2.24) is 5.32 Å². The van der Waals surface area contributed by atoms with E-state index < -0.39 is 0 Å². The average Bonchev–Trinajstić information content (AvgIpc) is 2.11. The maximum atomic E-state index is 3.71. The average molecular weight is 181 g/mol. The van der Waals surface area contributed by atoms with E-state index in [1.165, 1.54) is 25.8 Å². The fourth-order valence-corrected chi connectivity index (χ4v) is 3.58. The van der Waals surface area contributed by atoms with Crippen LogP contribution in [0.4, 0.5) is 0 Å². The molecule has 1 aliphatic carbocycles. The van der Waals surface area contributed by atoms with Gasteiger partial charge < -0.3 is 5.32 Å². The van der Waals surface area contributed by atoms with Gasteiger partial charge in [-0.3, -0.25) is 0 Å². The lowest BCUT2D eigenvalue weighted by atomic mass is 9.44. The Morgan fingerprint density at radius 2 is 2.15 bits per heavy atom. The molecule has 76 valence electrons. The van der Waals surface area contributed by atoms with Crippen LogP contribution in [0.2, 0.25) is 0 Å². The van der Waals surface area contributed by atoms with E-state index in [1.54, 1.807) is 0 Å². The summed E-state index contributed by atoms with van der Waals surface area (Å²) in [4.78, 5) is 0. The van der Waals surface area contributed by atoms with Crippen molar-refractivity contribution in [3.63, 3.8) is 0 Å². The summed E-state index contributed by atoms with van der Waals surface area (Å²) in [5.41, 5.74) is 1.11. The van der Waals surface area contributed by atoms with Crippen LogP contribution in [0.3, 0.4) is 0 Å². The third-order valence-corrected chi connectivity index (χ3v) is 5.32. The van der Waals surface area contributed by atoms with E-state index in [1.807, 2.05) is 0 Å². The first-order valence-corrected chi connectivity index (χ1v) is 5.82. The molecule has 1 saturated heterocycles. The van der Waals surface area contributed by atoms with E-state index in [-0.39, 0.29) is 0 Å². The molecule has 0 aromatic heterocycles. The van der Waals surface area contributed by atoms with E-state index in [0.717, 1.165) is 11.8 Å². The van der Waals surface area contributed by atoms with E-state index in [4.69, 9.17) is 0 Å². The zero-order valence-electron chi connectivity index (χ0n) is 9.48. The van der Waals surface area contributed by atoms with Gasteiger partial charge in [0.25, 0.3) is 0 Å². The second-order valence-corrected chi connectivity index (χ2v) is 5.48. The molecule has 1 nitrogen and oxygen atoms in total. The van der Waals surface area contributed by atoms with Crippen LogP contribution in [0.25, 0.3) is 0 Å². The van der Waals surface area contributed by atoms with Crippen LogP contribution in [0.5, 0.6) is 0 Å². The molecule has 0 amide bonds. The highest BCUT2D eigenvalue weighted by Gasteiger charge is 2.63. The SMILES string of the molecule is CCC(C)C1(C)CCC12NCC2C. The lowest BCUT2D eigenvalue weighted by Gasteiger charge is -2.69. The smallest absolute Gasteiger partial charge is 0.0275 e. The Morgan fingerprint density at radius 3 is 2.38 bits per heavy atom. The van der Waals surface area contributed by atoms with Gasteiger partial charge in [0, 0.05) is 12.1 Å². The zero-order valence-corrected chi connectivity index (χ0v) is 9.48. The molecule has 2 fully saturated rings. The van der Waals surface area contributed by atoms with E-state index in [9.17, 15) is 0 Å². The standard InChI is InChI=1S/C12H23N/c1-5-9(2)11(4)6-7-12(11)10(3)8-13-12/h9-10,13H,5-8H2,1-4H3. The van der Waals surface area contributed by atoms with Crippen LogP contribution in [0.15, 0.2) is 0 Å². The monoisotopic (exact) mass is 181 g/mol. The molecule has 13 heavy (non-hydrogen) atoms. The molecular weight excluding hydrogens is 158 g/mol. The Kier molecular flexibility index (Phi) is 1.99. The molecule has 1 aliphatic heterocycles. The summed E-state index contributed by atoms with van der Waals surface area (Å²) in [7, 11) is 0. The van der Waals surface area contributed by atoms with Crippen LogP contribution in [0, 0.1) is 17.3 Å². The topological polar surface area (TPSA) is 12.0 Å². The summed E-state index contributed by atoms with van der Waals surface area (Å²) in [5, 5.41) is 3.71. The normalized spacial score (nSPS) is 51.2. The summed E-state index contributed by atoms with van der Waals surface area (Å²) >= 11 is 0. The molecule has 0 radical (unpaired) electrons. The lowest BCUT2D eigenvalue weighted by molar-refractivity contribution is -0.139. The summed E-state index contributed by atoms with van der Waals surface area (Å²) < 4.78 is 0. The predicted octanol–water partition coefficient (Wildman–Crippen LogP) is 2.81. The highest BCUT2D eigenvalue weighted by atomic mass is 15.1. The molecule has 1 heterocycles. The van der Waals surface area contributed by atoms with Crippen molar-refractivity contribution in [2.24, 2.45) is 17.3 Å². The van der Waals surface area contributed by atoms with Crippen molar-refractivity contribution in [1.29, 1.82) is 0 Å². The molecule has 1 spiro atoms. The highest BCUT2D eigenvalue weighted by molar-refractivity contribution is 5.19. The fraction of sp³-hybridized carbons (Fsp3) is 1.00. The first kappa shape index (κ1) is 9.51. The van der Waals surface area contributed by atoms with Crippen LogP contribution in [-0.4, -0.2) is 12.1 Å². The molecule has 1 heteroatoms. The van der Waals surface area contributed by atoms with E-state index in [2.05, 4.69) is 33.0 Å². The minimum absolute atomic E-state index is 0.530. The lowest BCUT2D eigenvalue weighted by Crippen LogP contribution is -2.78. The van der Waals surface area contributed by atoms with Crippen molar-refractivity contribution in [3.05, 3.63) is 0 Å². The molecule has 4 unspecified atom stereocenters. The van der Waals surface area contributed by atoms with Gasteiger partial charge >= 0.3 is 0 Å². The number of rotatable bonds is 2. The van der Waals surface area contributed by atoms with Gasteiger partial charge in [0.1, 0.15) is 0 Å². The molecule has 2 rings (SSSR count).